The lowest BCUT2D eigenvalue weighted by Gasteiger charge is -2.27. The van der Waals surface area contributed by atoms with Gasteiger partial charge in [0.25, 0.3) is 0 Å². The summed E-state index contributed by atoms with van der Waals surface area (Å²) in [5.74, 6) is 0.974. The van der Waals surface area contributed by atoms with E-state index < -0.39 is 0 Å². The van der Waals surface area contributed by atoms with Gasteiger partial charge in [-0.3, -0.25) is 4.99 Å². The van der Waals surface area contributed by atoms with Gasteiger partial charge >= 0.3 is 6.03 Å². The fourth-order valence-electron chi connectivity index (χ4n) is 2.33. The van der Waals surface area contributed by atoms with Crippen LogP contribution in [0.1, 0.15) is 13.3 Å². The van der Waals surface area contributed by atoms with Gasteiger partial charge in [0.1, 0.15) is 0 Å². The van der Waals surface area contributed by atoms with Crippen LogP contribution in [0, 0.1) is 0 Å². The number of thioether (sulfide) groups is 1. The minimum atomic E-state index is -0.192. The highest BCUT2D eigenvalue weighted by Gasteiger charge is 2.25. The Morgan fingerprint density at radius 1 is 1.13 bits per heavy atom. The largest absolute Gasteiger partial charge is 0.332 e. The summed E-state index contributed by atoms with van der Waals surface area (Å²) in [5, 5.41) is 3.70. The van der Waals surface area contributed by atoms with Crippen molar-refractivity contribution in [1.82, 2.24) is 0 Å². The predicted octanol–water partition coefficient (Wildman–Crippen LogP) is 4.61. The summed E-state index contributed by atoms with van der Waals surface area (Å²) in [6, 6.07) is 19.2. The molecule has 0 fully saturated rings. The van der Waals surface area contributed by atoms with Crippen molar-refractivity contribution in [2.45, 2.75) is 19.4 Å². The SMILES string of the molecule is CC1CCSC(N(C(=O)Nc2ccccc2)c2ccccc2)=N1. The summed E-state index contributed by atoms with van der Waals surface area (Å²) in [6.45, 7) is 2.08. The zero-order valence-corrected chi connectivity index (χ0v) is 13.8. The number of benzene rings is 2. The van der Waals surface area contributed by atoms with Gasteiger partial charge in [0.15, 0.2) is 5.17 Å². The fourth-order valence-corrected chi connectivity index (χ4v) is 3.54. The van der Waals surface area contributed by atoms with Crippen molar-refractivity contribution in [1.29, 1.82) is 0 Å². The first-order chi connectivity index (χ1) is 11.2. The van der Waals surface area contributed by atoms with Crippen molar-refractivity contribution >= 4 is 34.3 Å². The monoisotopic (exact) mass is 325 g/mol. The van der Waals surface area contributed by atoms with Gasteiger partial charge in [-0.05, 0) is 37.6 Å². The highest BCUT2D eigenvalue weighted by Crippen LogP contribution is 2.25. The molecule has 3 rings (SSSR count). The Morgan fingerprint density at radius 3 is 2.43 bits per heavy atom. The van der Waals surface area contributed by atoms with Crippen LogP contribution in [0.2, 0.25) is 0 Å². The number of carbonyl (C=O) groups excluding carboxylic acids is 1. The van der Waals surface area contributed by atoms with Gasteiger partial charge in [-0.15, -0.1) is 0 Å². The van der Waals surface area contributed by atoms with E-state index in [4.69, 9.17) is 0 Å². The number of hydrogen-bond acceptors (Lipinski definition) is 3. The number of nitrogens with one attached hydrogen (secondary N) is 1. The number of amides is 2. The van der Waals surface area contributed by atoms with Crippen LogP contribution in [-0.4, -0.2) is 23.0 Å². The molecule has 0 bridgehead atoms. The van der Waals surface area contributed by atoms with E-state index in [0.29, 0.717) is 0 Å². The first kappa shape index (κ1) is 15.6. The molecular formula is C18H19N3OS. The molecule has 1 unspecified atom stereocenters. The number of para-hydroxylation sites is 2. The van der Waals surface area contributed by atoms with Crippen LogP contribution >= 0.6 is 11.8 Å². The fraction of sp³-hybridized carbons (Fsp3) is 0.222. The number of carbonyl (C=O) groups is 1. The lowest BCUT2D eigenvalue weighted by molar-refractivity contribution is 0.259. The maximum atomic E-state index is 12.8. The quantitative estimate of drug-likeness (QED) is 0.876. The zero-order valence-electron chi connectivity index (χ0n) is 13.0. The van der Waals surface area contributed by atoms with E-state index in [1.165, 1.54) is 0 Å². The van der Waals surface area contributed by atoms with Crippen molar-refractivity contribution < 1.29 is 4.79 Å². The smallest absolute Gasteiger partial charge is 0.307 e. The molecule has 5 heteroatoms. The standard InChI is InChI=1S/C18H19N3OS/c1-14-12-13-23-18(19-14)21(16-10-6-3-7-11-16)17(22)20-15-8-4-2-5-9-15/h2-11,14H,12-13H2,1H3,(H,20,22). The summed E-state index contributed by atoms with van der Waals surface area (Å²) in [6.07, 6.45) is 1.04. The Morgan fingerprint density at radius 2 is 1.78 bits per heavy atom. The highest BCUT2D eigenvalue weighted by atomic mass is 32.2. The molecule has 0 radical (unpaired) electrons. The van der Waals surface area contributed by atoms with E-state index in [0.717, 1.165) is 28.7 Å². The molecule has 1 heterocycles. The highest BCUT2D eigenvalue weighted by molar-refractivity contribution is 8.14. The predicted molar refractivity (Wildman–Crippen MR) is 98.4 cm³/mol. The van der Waals surface area contributed by atoms with Crippen molar-refractivity contribution in [3.63, 3.8) is 0 Å². The number of amidine groups is 1. The lowest BCUT2D eigenvalue weighted by atomic mass is 10.3. The van der Waals surface area contributed by atoms with Crippen molar-refractivity contribution in [3.05, 3.63) is 60.7 Å². The first-order valence-corrected chi connectivity index (χ1v) is 8.64. The van der Waals surface area contributed by atoms with Crippen LogP contribution in [0.3, 0.4) is 0 Å². The lowest BCUT2D eigenvalue weighted by Crippen LogP contribution is -2.40. The van der Waals surface area contributed by atoms with Crippen LogP contribution < -0.4 is 10.2 Å². The van der Waals surface area contributed by atoms with Crippen LogP contribution in [0.25, 0.3) is 0 Å². The summed E-state index contributed by atoms with van der Waals surface area (Å²) in [5.41, 5.74) is 1.59. The molecule has 2 amide bonds. The number of anilines is 2. The Labute approximate surface area is 140 Å². The molecule has 1 N–H and O–H groups in total. The molecule has 0 spiro atoms. The number of nitrogens with zero attached hydrogens (tertiary/aromatic N) is 2. The normalized spacial score (nSPS) is 17.3. The zero-order chi connectivity index (χ0) is 16.1. The Balaban J connectivity index is 1.90. The van der Waals surface area contributed by atoms with Crippen molar-refractivity contribution in [2.75, 3.05) is 16.0 Å². The van der Waals surface area contributed by atoms with Crippen molar-refractivity contribution in [3.8, 4) is 0 Å². The molecule has 2 aromatic rings. The summed E-state index contributed by atoms with van der Waals surface area (Å²) in [7, 11) is 0. The van der Waals surface area contributed by atoms with E-state index >= 15 is 0 Å². The molecule has 4 nitrogen and oxygen atoms in total. The van der Waals surface area contributed by atoms with Crippen LogP contribution in [-0.2, 0) is 0 Å². The molecule has 23 heavy (non-hydrogen) atoms. The number of aliphatic imine (C=N–C) groups is 1. The van der Waals surface area contributed by atoms with Crippen LogP contribution in [0.5, 0.6) is 0 Å². The second-order valence-corrected chi connectivity index (χ2v) is 6.43. The molecule has 1 atom stereocenters. The average molecular weight is 325 g/mol. The number of hydrogen-bond donors (Lipinski definition) is 1. The third kappa shape index (κ3) is 3.93. The third-order valence-electron chi connectivity index (χ3n) is 3.53. The minimum absolute atomic E-state index is 0.192. The van der Waals surface area contributed by atoms with Gasteiger partial charge in [0.05, 0.1) is 11.7 Å². The first-order valence-electron chi connectivity index (χ1n) is 7.66. The molecule has 1 aliphatic heterocycles. The van der Waals surface area contributed by atoms with E-state index in [9.17, 15) is 4.79 Å². The summed E-state index contributed by atoms with van der Waals surface area (Å²) in [4.78, 5) is 19.2. The molecule has 0 saturated heterocycles. The molecule has 0 saturated carbocycles. The maximum Gasteiger partial charge on any atom is 0.332 e. The average Bonchev–Trinajstić information content (AvgIpc) is 2.57. The Kier molecular flexibility index (Phi) is 4.98. The molecular weight excluding hydrogens is 306 g/mol. The van der Waals surface area contributed by atoms with E-state index in [2.05, 4.69) is 17.2 Å². The molecule has 2 aromatic carbocycles. The molecule has 0 aromatic heterocycles. The van der Waals surface area contributed by atoms with Gasteiger partial charge in [0.2, 0.25) is 0 Å². The van der Waals surface area contributed by atoms with Gasteiger partial charge in [0, 0.05) is 11.4 Å². The van der Waals surface area contributed by atoms with Crippen LogP contribution in [0.4, 0.5) is 16.2 Å². The van der Waals surface area contributed by atoms with Gasteiger partial charge in [-0.25, -0.2) is 9.69 Å². The number of urea groups is 1. The van der Waals surface area contributed by atoms with Gasteiger partial charge in [-0.2, -0.15) is 0 Å². The summed E-state index contributed by atoms with van der Waals surface area (Å²) >= 11 is 1.62. The maximum absolute atomic E-state index is 12.8. The van der Waals surface area contributed by atoms with Gasteiger partial charge in [-0.1, -0.05) is 48.2 Å². The van der Waals surface area contributed by atoms with E-state index in [1.54, 1.807) is 16.7 Å². The minimum Gasteiger partial charge on any atom is -0.307 e. The van der Waals surface area contributed by atoms with Gasteiger partial charge < -0.3 is 5.32 Å². The second-order valence-electron chi connectivity index (χ2n) is 5.36. The third-order valence-corrected chi connectivity index (χ3v) is 4.52. The Hall–Kier alpha value is -2.27. The van der Waals surface area contributed by atoms with Crippen molar-refractivity contribution in [2.24, 2.45) is 4.99 Å². The topological polar surface area (TPSA) is 44.7 Å². The summed E-state index contributed by atoms with van der Waals surface area (Å²) < 4.78 is 0. The molecule has 118 valence electrons. The van der Waals surface area contributed by atoms with E-state index in [-0.39, 0.29) is 12.1 Å². The Bertz CT molecular complexity index is 688. The molecule has 0 aliphatic carbocycles. The van der Waals surface area contributed by atoms with E-state index in [1.807, 2.05) is 60.7 Å². The molecule has 1 aliphatic rings. The van der Waals surface area contributed by atoms with Crippen LogP contribution in [0.15, 0.2) is 65.7 Å². The number of rotatable bonds is 2. The second kappa shape index (κ2) is 7.33.